The maximum Gasteiger partial charge on any atom is 0.340 e. The Morgan fingerprint density at radius 2 is 1.39 bits per heavy atom. The molecule has 0 aliphatic rings. The lowest BCUT2D eigenvalue weighted by molar-refractivity contribution is -0.130. The molecule has 0 aliphatic carbocycles. The number of benzene rings is 1. The summed E-state index contributed by atoms with van der Waals surface area (Å²) in [6.07, 6.45) is -0.925. The van der Waals surface area contributed by atoms with E-state index in [1.807, 2.05) is 41.5 Å². The minimum atomic E-state index is -0.925. The number of esters is 1. The van der Waals surface area contributed by atoms with Gasteiger partial charge in [0, 0.05) is 16.0 Å². The molecule has 0 saturated carbocycles. The number of ether oxygens (including phenoxy) is 1. The first-order chi connectivity index (χ1) is 12.7. The van der Waals surface area contributed by atoms with E-state index in [9.17, 15) is 14.4 Å². The van der Waals surface area contributed by atoms with E-state index >= 15 is 0 Å². The molecule has 0 aromatic heterocycles. The van der Waals surface area contributed by atoms with E-state index in [0.717, 1.165) is 0 Å². The molecule has 28 heavy (non-hydrogen) atoms. The summed E-state index contributed by atoms with van der Waals surface area (Å²) < 4.78 is 5.34. The van der Waals surface area contributed by atoms with E-state index < -0.39 is 22.9 Å². The zero-order valence-corrected chi connectivity index (χ0v) is 18.8. The molecule has 6 nitrogen and oxygen atoms in total. The topological polar surface area (TPSA) is 84.5 Å². The van der Waals surface area contributed by atoms with Crippen molar-refractivity contribution in [2.24, 2.45) is 0 Å². The predicted molar refractivity (Wildman–Crippen MR) is 112 cm³/mol. The van der Waals surface area contributed by atoms with Gasteiger partial charge in [0.1, 0.15) is 0 Å². The smallest absolute Gasteiger partial charge is 0.340 e. The summed E-state index contributed by atoms with van der Waals surface area (Å²) in [7, 11) is 0. The van der Waals surface area contributed by atoms with Crippen LogP contribution in [-0.4, -0.2) is 40.2 Å². The molecular formula is C21H32N2O4S. The van der Waals surface area contributed by atoms with Crippen LogP contribution >= 0.6 is 11.8 Å². The number of rotatable bonds is 6. The van der Waals surface area contributed by atoms with Crippen molar-refractivity contribution in [2.45, 2.75) is 82.7 Å². The Hall–Kier alpha value is -2.02. The number of hydrogen-bond acceptors (Lipinski definition) is 5. The largest absolute Gasteiger partial charge is 0.449 e. The first-order valence-electron chi connectivity index (χ1n) is 9.30. The maximum atomic E-state index is 12.6. The number of nitrogens with one attached hydrogen (secondary N) is 2. The molecule has 0 fully saturated rings. The second kappa shape index (κ2) is 9.45. The Bertz CT molecular complexity index is 720. The van der Waals surface area contributed by atoms with E-state index in [1.165, 1.54) is 18.7 Å². The van der Waals surface area contributed by atoms with Gasteiger partial charge in [-0.05, 0) is 67.5 Å². The van der Waals surface area contributed by atoms with E-state index in [1.54, 1.807) is 31.2 Å². The summed E-state index contributed by atoms with van der Waals surface area (Å²) in [4.78, 5) is 37.7. The highest BCUT2D eigenvalue weighted by molar-refractivity contribution is 8.00. The average Bonchev–Trinajstić information content (AvgIpc) is 2.51. The highest BCUT2D eigenvalue weighted by Gasteiger charge is 2.26. The van der Waals surface area contributed by atoms with Gasteiger partial charge < -0.3 is 15.4 Å². The third-order valence-electron chi connectivity index (χ3n) is 3.43. The third kappa shape index (κ3) is 8.33. The average molecular weight is 409 g/mol. The van der Waals surface area contributed by atoms with Gasteiger partial charge in [-0.2, -0.15) is 0 Å². The first-order valence-corrected chi connectivity index (χ1v) is 10.2. The minimum Gasteiger partial charge on any atom is -0.449 e. The third-order valence-corrected chi connectivity index (χ3v) is 4.61. The van der Waals surface area contributed by atoms with Crippen molar-refractivity contribution in [3.05, 3.63) is 29.8 Å². The normalized spacial score (nSPS) is 14.0. The first kappa shape index (κ1) is 24.0. The van der Waals surface area contributed by atoms with Crippen LogP contribution in [0.5, 0.6) is 0 Å². The molecule has 2 atom stereocenters. The molecule has 0 saturated heterocycles. The summed E-state index contributed by atoms with van der Waals surface area (Å²) in [5.41, 5.74) is -0.417. The van der Waals surface area contributed by atoms with Crippen LogP contribution in [-0.2, 0) is 14.3 Å². The Labute approximate surface area is 172 Å². The fourth-order valence-corrected chi connectivity index (χ4v) is 3.18. The maximum absolute atomic E-state index is 12.6. The van der Waals surface area contributed by atoms with E-state index in [4.69, 9.17) is 4.74 Å². The Kier molecular flexibility index (Phi) is 8.11. The van der Waals surface area contributed by atoms with Gasteiger partial charge in [0.25, 0.3) is 5.91 Å². The van der Waals surface area contributed by atoms with Crippen molar-refractivity contribution in [3.63, 3.8) is 0 Å². The Morgan fingerprint density at radius 1 is 0.893 bits per heavy atom. The van der Waals surface area contributed by atoms with Crippen LogP contribution < -0.4 is 10.6 Å². The van der Waals surface area contributed by atoms with Crippen LogP contribution in [0.3, 0.4) is 0 Å². The lowest BCUT2D eigenvalue weighted by Crippen LogP contribution is -2.46. The summed E-state index contributed by atoms with van der Waals surface area (Å²) in [5, 5.41) is 5.32. The number of hydrogen-bond donors (Lipinski definition) is 2. The van der Waals surface area contributed by atoms with Gasteiger partial charge in [-0.3, -0.25) is 9.59 Å². The second-order valence-electron chi connectivity index (χ2n) is 8.78. The van der Waals surface area contributed by atoms with E-state index in [0.29, 0.717) is 10.5 Å². The van der Waals surface area contributed by atoms with Gasteiger partial charge in [0.15, 0.2) is 6.10 Å². The van der Waals surface area contributed by atoms with Crippen LogP contribution in [0.1, 0.15) is 65.7 Å². The van der Waals surface area contributed by atoms with Crippen LogP contribution in [0, 0.1) is 0 Å². The van der Waals surface area contributed by atoms with Crippen molar-refractivity contribution in [1.29, 1.82) is 0 Å². The van der Waals surface area contributed by atoms with Crippen LogP contribution in [0.15, 0.2) is 29.2 Å². The zero-order chi connectivity index (χ0) is 21.7. The molecule has 156 valence electrons. The van der Waals surface area contributed by atoms with Crippen molar-refractivity contribution in [2.75, 3.05) is 0 Å². The molecule has 1 rings (SSSR count). The van der Waals surface area contributed by atoms with Crippen LogP contribution in [0.2, 0.25) is 0 Å². The Morgan fingerprint density at radius 3 is 1.93 bits per heavy atom. The molecule has 0 bridgehead atoms. The quantitative estimate of drug-likeness (QED) is 0.555. The van der Waals surface area contributed by atoms with Crippen molar-refractivity contribution >= 4 is 29.5 Å². The van der Waals surface area contributed by atoms with Gasteiger partial charge in [-0.15, -0.1) is 11.8 Å². The number of thioether (sulfide) groups is 1. The molecule has 7 heteroatoms. The fraction of sp³-hybridized carbons (Fsp3) is 0.571. The molecule has 0 heterocycles. The standard InChI is InChI=1S/C21H32N2O4S/c1-13(17(24)22-20(3,4)5)27-19(26)15-11-9-10-12-16(15)28-14(2)18(25)23-21(6,7)8/h9-14H,1-8H3,(H,22,24)(H,23,25)/t13-,14-/m0/s1. The van der Waals surface area contributed by atoms with Crippen LogP contribution in [0.4, 0.5) is 0 Å². The van der Waals surface area contributed by atoms with Gasteiger partial charge in [0.2, 0.25) is 5.91 Å². The molecule has 0 unspecified atom stereocenters. The molecule has 2 amide bonds. The fourth-order valence-electron chi connectivity index (χ4n) is 2.20. The summed E-state index contributed by atoms with van der Waals surface area (Å²) in [5.74, 6) is -1.06. The number of carbonyl (C=O) groups excluding carboxylic acids is 3. The van der Waals surface area contributed by atoms with Gasteiger partial charge in [-0.25, -0.2) is 4.79 Å². The predicted octanol–water partition coefficient (Wildman–Crippen LogP) is 3.54. The van der Waals surface area contributed by atoms with E-state index in [-0.39, 0.29) is 17.4 Å². The number of carbonyl (C=O) groups is 3. The summed E-state index contributed by atoms with van der Waals surface area (Å²) >= 11 is 1.28. The van der Waals surface area contributed by atoms with Gasteiger partial charge >= 0.3 is 5.97 Å². The summed E-state index contributed by atoms with van der Waals surface area (Å²) in [6.45, 7) is 14.6. The SMILES string of the molecule is C[C@H](OC(=O)c1ccccc1S[C@@H](C)C(=O)NC(C)(C)C)C(=O)NC(C)(C)C. The molecule has 2 N–H and O–H groups in total. The monoisotopic (exact) mass is 408 g/mol. The minimum absolute atomic E-state index is 0.112. The second-order valence-corrected chi connectivity index (χ2v) is 10.2. The van der Waals surface area contributed by atoms with Gasteiger partial charge in [-0.1, -0.05) is 12.1 Å². The molecular weight excluding hydrogens is 376 g/mol. The Balaban J connectivity index is 2.86. The lowest BCUT2D eigenvalue weighted by Gasteiger charge is -2.24. The highest BCUT2D eigenvalue weighted by atomic mass is 32.2. The molecule has 1 aromatic carbocycles. The van der Waals surface area contributed by atoms with E-state index in [2.05, 4.69) is 10.6 Å². The lowest BCUT2D eigenvalue weighted by atomic mass is 10.1. The highest BCUT2D eigenvalue weighted by Crippen LogP contribution is 2.28. The van der Waals surface area contributed by atoms with Crippen LogP contribution in [0.25, 0.3) is 0 Å². The number of amides is 2. The zero-order valence-electron chi connectivity index (χ0n) is 18.0. The van der Waals surface area contributed by atoms with Crippen molar-refractivity contribution in [1.82, 2.24) is 10.6 Å². The molecule has 1 aromatic rings. The molecule has 0 radical (unpaired) electrons. The van der Waals surface area contributed by atoms with Crippen molar-refractivity contribution < 1.29 is 19.1 Å². The van der Waals surface area contributed by atoms with Crippen molar-refractivity contribution in [3.8, 4) is 0 Å². The van der Waals surface area contributed by atoms with Gasteiger partial charge in [0.05, 0.1) is 10.8 Å². The summed E-state index contributed by atoms with van der Waals surface area (Å²) in [6, 6.07) is 6.92. The molecule has 0 spiro atoms. The molecule has 0 aliphatic heterocycles.